The molecule has 0 aliphatic rings. The second kappa shape index (κ2) is 6.14. The molecule has 1 aromatic carbocycles. The molecule has 1 rings (SSSR count). The van der Waals surface area contributed by atoms with Crippen molar-refractivity contribution >= 4 is 5.91 Å². The highest BCUT2D eigenvalue weighted by atomic mass is 19.1. The standard InChI is InChI=1S/C11H15FN2O/c12-10-3-1-9(2-4-10)5-7-14-8-6-11(13)15/h1-4,14H,5-8H2,(H2,13,15). The normalized spacial score (nSPS) is 10.2. The number of halogens is 1. The van der Waals surface area contributed by atoms with Crippen molar-refractivity contribution in [2.24, 2.45) is 5.73 Å². The van der Waals surface area contributed by atoms with Gasteiger partial charge < -0.3 is 11.1 Å². The molecule has 0 atom stereocenters. The van der Waals surface area contributed by atoms with E-state index in [-0.39, 0.29) is 11.7 Å². The third-order valence-electron chi connectivity index (χ3n) is 2.05. The molecule has 0 radical (unpaired) electrons. The van der Waals surface area contributed by atoms with Crippen LogP contribution in [0.15, 0.2) is 24.3 Å². The highest BCUT2D eigenvalue weighted by Gasteiger charge is 1.95. The molecule has 15 heavy (non-hydrogen) atoms. The highest BCUT2D eigenvalue weighted by Crippen LogP contribution is 2.02. The molecule has 0 saturated heterocycles. The van der Waals surface area contributed by atoms with Crippen LogP contribution in [0.4, 0.5) is 4.39 Å². The van der Waals surface area contributed by atoms with Crippen LogP contribution < -0.4 is 11.1 Å². The van der Waals surface area contributed by atoms with Gasteiger partial charge in [-0.1, -0.05) is 12.1 Å². The van der Waals surface area contributed by atoms with E-state index >= 15 is 0 Å². The summed E-state index contributed by atoms with van der Waals surface area (Å²) in [6.45, 7) is 1.36. The first-order chi connectivity index (χ1) is 7.18. The Labute approximate surface area is 88.5 Å². The van der Waals surface area contributed by atoms with Gasteiger partial charge in [-0.25, -0.2) is 4.39 Å². The molecule has 0 heterocycles. The number of hydrogen-bond acceptors (Lipinski definition) is 2. The molecule has 0 saturated carbocycles. The van der Waals surface area contributed by atoms with Crippen molar-refractivity contribution in [3.05, 3.63) is 35.6 Å². The third kappa shape index (κ3) is 5.12. The van der Waals surface area contributed by atoms with Gasteiger partial charge >= 0.3 is 0 Å². The fourth-order valence-corrected chi connectivity index (χ4v) is 1.22. The summed E-state index contributed by atoms with van der Waals surface area (Å²) in [6.07, 6.45) is 1.17. The first-order valence-corrected chi connectivity index (χ1v) is 4.92. The zero-order chi connectivity index (χ0) is 11.1. The molecule has 0 aromatic heterocycles. The smallest absolute Gasteiger partial charge is 0.218 e. The average molecular weight is 210 g/mol. The van der Waals surface area contributed by atoms with Crippen molar-refractivity contribution in [2.75, 3.05) is 13.1 Å². The van der Waals surface area contributed by atoms with E-state index in [0.29, 0.717) is 13.0 Å². The molecule has 4 heteroatoms. The number of rotatable bonds is 6. The van der Waals surface area contributed by atoms with Crippen LogP contribution in [0.5, 0.6) is 0 Å². The number of hydrogen-bond donors (Lipinski definition) is 2. The lowest BCUT2D eigenvalue weighted by Crippen LogP contribution is -2.23. The Kier molecular flexibility index (Phi) is 4.77. The summed E-state index contributed by atoms with van der Waals surface area (Å²) in [4.78, 5) is 10.4. The number of amides is 1. The van der Waals surface area contributed by atoms with Gasteiger partial charge in [0.2, 0.25) is 5.91 Å². The quantitative estimate of drug-likeness (QED) is 0.683. The number of primary amides is 1. The SMILES string of the molecule is NC(=O)CCNCCc1ccc(F)cc1. The summed E-state index contributed by atoms with van der Waals surface area (Å²) in [7, 11) is 0. The lowest BCUT2D eigenvalue weighted by molar-refractivity contribution is -0.117. The van der Waals surface area contributed by atoms with Gasteiger partial charge in [-0.3, -0.25) is 4.79 Å². The van der Waals surface area contributed by atoms with Gasteiger partial charge in [0.15, 0.2) is 0 Å². The van der Waals surface area contributed by atoms with Crippen LogP contribution in [0.2, 0.25) is 0 Å². The lowest BCUT2D eigenvalue weighted by Gasteiger charge is -2.03. The number of nitrogens with one attached hydrogen (secondary N) is 1. The Morgan fingerprint density at radius 2 is 1.93 bits per heavy atom. The van der Waals surface area contributed by atoms with E-state index in [1.54, 1.807) is 12.1 Å². The molecule has 0 fully saturated rings. The van der Waals surface area contributed by atoms with Crippen molar-refractivity contribution in [3.63, 3.8) is 0 Å². The van der Waals surface area contributed by atoms with Gasteiger partial charge in [0.1, 0.15) is 5.82 Å². The van der Waals surface area contributed by atoms with Crippen LogP contribution in [0.1, 0.15) is 12.0 Å². The van der Waals surface area contributed by atoms with Crippen LogP contribution in [-0.2, 0) is 11.2 Å². The fourth-order valence-electron chi connectivity index (χ4n) is 1.22. The minimum Gasteiger partial charge on any atom is -0.370 e. The summed E-state index contributed by atoms with van der Waals surface area (Å²) in [5.41, 5.74) is 6.05. The number of benzene rings is 1. The van der Waals surface area contributed by atoms with Crippen molar-refractivity contribution in [1.29, 1.82) is 0 Å². The van der Waals surface area contributed by atoms with Gasteiger partial charge in [0.25, 0.3) is 0 Å². The largest absolute Gasteiger partial charge is 0.370 e. The summed E-state index contributed by atoms with van der Waals surface area (Å²) in [5, 5.41) is 3.09. The zero-order valence-electron chi connectivity index (χ0n) is 8.50. The van der Waals surface area contributed by atoms with Crippen LogP contribution in [-0.4, -0.2) is 19.0 Å². The topological polar surface area (TPSA) is 55.1 Å². The summed E-state index contributed by atoms with van der Waals surface area (Å²) >= 11 is 0. The van der Waals surface area contributed by atoms with E-state index in [1.807, 2.05) is 0 Å². The Hall–Kier alpha value is -1.42. The van der Waals surface area contributed by atoms with Crippen molar-refractivity contribution < 1.29 is 9.18 Å². The van der Waals surface area contributed by atoms with Gasteiger partial charge in [-0.05, 0) is 30.7 Å². The second-order valence-corrected chi connectivity index (χ2v) is 3.34. The Bertz CT molecular complexity index is 311. The van der Waals surface area contributed by atoms with Crippen LogP contribution in [0.25, 0.3) is 0 Å². The van der Waals surface area contributed by atoms with E-state index in [1.165, 1.54) is 12.1 Å². The molecule has 3 nitrogen and oxygen atoms in total. The molecule has 0 aliphatic carbocycles. The first-order valence-electron chi connectivity index (χ1n) is 4.92. The van der Waals surface area contributed by atoms with E-state index in [2.05, 4.69) is 5.32 Å². The van der Waals surface area contributed by atoms with Crippen molar-refractivity contribution in [3.8, 4) is 0 Å². The molecule has 1 amide bonds. The second-order valence-electron chi connectivity index (χ2n) is 3.34. The van der Waals surface area contributed by atoms with Gasteiger partial charge in [-0.2, -0.15) is 0 Å². The molecular weight excluding hydrogens is 195 g/mol. The summed E-state index contributed by atoms with van der Waals surface area (Å²) in [6, 6.07) is 6.40. The van der Waals surface area contributed by atoms with Gasteiger partial charge in [0.05, 0.1) is 0 Å². The Morgan fingerprint density at radius 1 is 1.27 bits per heavy atom. The number of carbonyl (C=O) groups excluding carboxylic acids is 1. The first kappa shape index (κ1) is 11.7. The molecule has 1 aromatic rings. The van der Waals surface area contributed by atoms with Gasteiger partial charge in [-0.15, -0.1) is 0 Å². The van der Waals surface area contributed by atoms with Gasteiger partial charge in [0, 0.05) is 13.0 Å². The molecule has 3 N–H and O–H groups in total. The minimum atomic E-state index is -0.302. The average Bonchev–Trinajstić information content (AvgIpc) is 2.20. The minimum absolute atomic E-state index is 0.222. The van der Waals surface area contributed by atoms with Crippen LogP contribution in [0, 0.1) is 5.82 Å². The van der Waals surface area contributed by atoms with Crippen LogP contribution in [0.3, 0.4) is 0 Å². The predicted molar refractivity (Wildman–Crippen MR) is 56.8 cm³/mol. The maximum atomic E-state index is 12.6. The van der Waals surface area contributed by atoms with Crippen molar-refractivity contribution in [2.45, 2.75) is 12.8 Å². The maximum absolute atomic E-state index is 12.6. The Balaban J connectivity index is 2.15. The summed E-state index contributed by atoms with van der Waals surface area (Å²) < 4.78 is 12.6. The molecule has 0 spiro atoms. The zero-order valence-corrected chi connectivity index (χ0v) is 8.50. The number of carbonyl (C=O) groups is 1. The maximum Gasteiger partial charge on any atom is 0.218 e. The lowest BCUT2D eigenvalue weighted by atomic mass is 10.1. The van der Waals surface area contributed by atoms with Crippen LogP contribution >= 0.6 is 0 Å². The van der Waals surface area contributed by atoms with E-state index in [4.69, 9.17) is 5.73 Å². The molecule has 0 bridgehead atoms. The highest BCUT2D eigenvalue weighted by molar-refractivity contribution is 5.73. The summed E-state index contributed by atoms with van der Waals surface area (Å²) in [5.74, 6) is -0.523. The van der Waals surface area contributed by atoms with E-state index in [0.717, 1.165) is 18.5 Å². The third-order valence-corrected chi connectivity index (χ3v) is 2.05. The van der Waals surface area contributed by atoms with E-state index in [9.17, 15) is 9.18 Å². The molecule has 0 aliphatic heterocycles. The Morgan fingerprint density at radius 3 is 2.53 bits per heavy atom. The van der Waals surface area contributed by atoms with Crippen molar-refractivity contribution in [1.82, 2.24) is 5.32 Å². The monoisotopic (exact) mass is 210 g/mol. The molecule has 0 unspecified atom stereocenters. The van der Waals surface area contributed by atoms with E-state index < -0.39 is 0 Å². The molecule has 82 valence electrons. The predicted octanol–water partition coefficient (Wildman–Crippen LogP) is 0.833. The fraction of sp³-hybridized carbons (Fsp3) is 0.364. The molecular formula is C11H15FN2O. The number of nitrogens with two attached hydrogens (primary N) is 1.